The lowest BCUT2D eigenvalue weighted by atomic mass is 9.95. The van der Waals surface area contributed by atoms with Crippen molar-refractivity contribution in [2.45, 2.75) is 39.0 Å². The lowest BCUT2D eigenvalue weighted by Gasteiger charge is -2.09. The van der Waals surface area contributed by atoms with Gasteiger partial charge in [0.25, 0.3) is 0 Å². The van der Waals surface area contributed by atoms with Gasteiger partial charge in [-0.05, 0) is 25.7 Å². The van der Waals surface area contributed by atoms with Crippen molar-refractivity contribution in [3.8, 4) is 11.8 Å². The molecule has 0 heteroatoms. The molecule has 0 amide bonds. The Morgan fingerprint density at radius 3 is 3.00 bits per heavy atom. The maximum atomic E-state index is 3.32. The third kappa shape index (κ3) is 3.28. The van der Waals surface area contributed by atoms with Gasteiger partial charge in [0.1, 0.15) is 0 Å². The highest BCUT2D eigenvalue weighted by Crippen LogP contribution is 2.16. The van der Waals surface area contributed by atoms with Crippen molar-refractivity contribution < 1.29 is 0 Å². The number of rotatable bonds is 1. The normalized spacial score (nSPS) is 22.5. The molecule has 0 aromatic heterocycles. The van der Waals surface area contributed by atoms with E-state index in [0.29, 0.717) is 5.92 Å². The minimum Gasteiger partial charge on any atom is -0.103 e. The highest BCUT2D eigenvalue weighted by Gasteiger charge is 2.04. The summed E-state index contributed by atoms with van der Waals surface area (Å²) in [4.78, 5) is 0. The molecular weight excluding hydrogens is 132 g/mol. The highest BCUT2D eigenvalue weighted by molar-refractivity contribution is 5.08. The molecule has 0 aromatic carbocycles. The van der Waals surface area contributed by atoms with Gasteiger partial charge in [-0.2, -0.15) is 0 Å². The van der Waals surface area contributed by atoms with E-state index in [4.69, 9.17) is 0 Å². The van der Waals surface area contributed by atoms with Crippen molar-refractivity contribution in [1.29, 1.82) is 0 Å². The molecule has 1 aliphatic rings. The Balaban J connectivity index is 2.27. The Morgan fingerprint density at radius 2 is 2.36 bits per heavy atom. The van der Waals surface area contributed by atoms with Gasteiger partial charge in [-0.15, -0.1) is 5.92 Å². The summed E-state index contributed by atoms with van der Waals surface area (Å²) in [6, 6.07) is 0. The average Bonchev–Trinajstić information content (AvgIpc) is 2.07. The maximum absolute atomic E-state index is 3.32. The standard InChI is InChI=1S/C11H16/c1-2-3-5-8-11-9-6-4-7-10-11/h4,6,11H,2-3,7,9-10H2,1H3. The predicted molar refractivity (Wildman–Crippen MR) is 49.2 cm³/mol. The van der Waals surface area contributed by atoms with Crippen LogP contribution in [0.15, 0.2) is 12.2 Å². The van der Waals surface area contributed by atoms with Gasteiger partial charge in [0.15, 0.2) is 0 Å². The largest absolute Gasteiger partial charge is 0.103 e. The van der Waals surface area contributed by atoms with E-state index in [1.807, 2.05) is 0 Å². The second-order valence-electron chi connectivity index (χ2n) is 3.05. The van der Waals surface area contributed by atoms with E-state index in [0.717, 1.165) is 6.42 Å². The molecule has 0 saturated heterocycles. The molecule has 1 aliphatic carbocycles. The quantitative estimate of drug-likeness (QED) is 0.396. The molecule has 0 fully saturated rings. The van der Waals surface area contributed by atoms with E-state index in [1.54, 1.807) is 0 Å². The zero-order valence-electron chi connectivity index (χ0n) is 7.27. The summed E-state index contributed by atoms with van der Waals surface area (Å²) in [5.74, 6) is 7.20. The summed E-state index contributed by atoms with van der Waals surface area (Å²) in [7, 11) is 0. The fraction of sp³-hybridized carbons (Fsp3) is 0.636. The molecule has 0 heterocycles. The molecule has 0 spiro atoms. The molecule has 0 nitrogen and oxygen atoms in total. The molecule has 1 atom stereocenters. The zero-order valence-corrected chi connectivity index (χ0v) is 7.27. The van der Waals surface area contributed by atoms with E-state index in [2.05, 4.69) is 30.9 Å². The predicted octanol–water partition coefficient (Wildman–Crippen LogP) is 3.15. The summed E-state index contributed by atoms with van der Waals surface area (Å²) < 4.78 is 0. The molecule has 1 unspecified atom stereocenters. The van der Waals surface area contributed by atoms with Crippen LogP contribution in [0.25, 0.3) is 0 Å². The van der Waals surface area contributed by atoms with Crippen LogP contribution in [0.2, 0.25) is 0 Å². The molecule has 60 valence electrons. The smallest absolute Gasteiger partial charge is 0.0240 e. The summed E-state index contributed by atoms with van der Waals surface area (Å²) in [5, 5.41) is 0. The first kappa shape index (κ1) is 8.40. The van der Waals surface area contributed by atoms with Crippen LogP contribution in [-0.2, 0) is 0 Å². The number of allylic oxidation sites excluding steroid dienone is 2. The van der Waals surface area contributed by atoms with Crippen LogP contribution in [0.5, 0.6) is 0 Å². The second kappa shape index (κ2) is 5.02. The van der Waals surface area contributed by atoms with Gasteiger partial charge in [0.05, 0.1) is 0 Å². The Morgan fingerprint density at radius 1 is 1.45 bits per heavy atom. The van der Waals surface area contributed by atoms with Crippen LogP contribution in [0.1, 0.15) is 39.0 Å². The average molecular weight is 148 g/mol. The molecule has 0 aromatic rings. The fourth-order valence-corrected chi connectivity index (χ4v) is 1.27. The van der Waals surface area contributed by atoms with Crippen molar-refractivity contribution in [3.63, 3.8) is 0 Å². The topological polar surface area (TPSA) is 0 Å². The van der Waals surface area contributed by atoms with Crippen LogP contribution in [0, 0.1) is 17.8 Å². The zero-order chi connectivity index (χ0) is 7.94. The van der Waals surface area contributed by atoms with E-state index in [-0.39, 0.29) is 0 Å². The van der Waals surface area contributed by atoms with E-state index < -0.39 is 0 Å². The first-order valence-corrected chi connectivity index (χ1v) is 4.57. The van der Waals surface area contributed by atoms with Gasteiger partial charge in [-0.25, -0.2) is 0 Å². The lowest BCUT2D eigenvalue weighted by Crippen LogP contribution is -1.98. The van der Waals surface area contributed by atoms with Crippen LogP contribution in [0.3, 0.4) is 0 Å². The SMILES string of the molecule is CCCC#CC1CC=CCC1. The Hall–Kier alpha value is -0.700. The van der Waals surface area contributed by atoms with Crippen LogP contribution >= 0.6 is 0 Å². The molecule has 0 radical (unpaired) electrons. The summed E-state index contributed by atoms with van der Waals surface area (Å²) >= 11 is 0. The van der Waals surface area contributed by atoms with Gasteiger partial charge in [0.2, 0.25) is 0 Å². The number of hydrogen-bond donors (Lipinski definition) is 0. The lowest BCUT2D eigenvalue weighted by molar-refractivity contribution is 0.602. The van der Waals surface area contributed by atoms with Crippen LogP contribution < -0.4 is 0 Å². The maximum Gasteiger partial charge on any atom is 0.0240 e. The molecule has 0 bridgehead atoms. The minimum absolute atomic E-state index is 0.659. The Bertz CT molecular complexity index is 178. The van der Waals surface area contributed by atoms with Crippen LogP contribution in [0.4, 0.5) is 0 Å². The molecule has 11 heavy (non-hydrogen) atoms. The molecule has 0 N–H and O–H groups in total. The third-order valence-electron chi connectivity index (χ3n) is 1.95. The van der Waals surface area contributed by atoms with Gasteiger partial charge in [0, 0.05) is 12.3 Å². The summed E-state index contributed by atoms with van der Waals surface area (Å²) in [5.41, 5.74) is 0. The van der Waals surface area contributed by atoms with Crippen molar-refractivity contribution in [3.05, 3.63) is 12.2 Å². The van der Waals surface area contributed by atoms with Crippen LogP contribution in [-0.4, -0.2) is 0 Å². The third-order valence-corrected chi connectivity index (χ3v) is 1.95. The first-order chi connectivity index (χ1) is 5.43. The summed E-state index contributed by atoms with van der Waals surface area (Å²) in [6.07, 6.45) is 10.5. The van der Waals surface area contributed by atoms with Crippen molar-refractivity contribution in [2.75, 3.05) is 0 Å². The second-order valence-corrected chi connectivity index (χ2v) is 3.05. The highest BCUT2D eigenvalue weighted by atomic mass is 14.1. The van der Waals surface area contributed by atoms with E-state index in [1.165, 1.54) is 25.7 Å². The molecule has 0 aliphatic heterocycles. The van der Waals surface area contributed by atoms with Gasteiger partial charge >= 0.3 is 0 Å². The molecule has 0 saturated carbocycles. The summed E-state index contributed by atoms with van der Waals surface area (Å²) in [6.45, 7) is 2.18. The fourth-order valence-electron chi connectivity index (χ4n) is 1.27. The van der Waals surface area contributed by atoms with Gasteiger partial charge in [-0.1, -0.05) is 25.0 Å². The van der Waals surface area contributed by atoms with Crippen molar-refractivity contribution in [1.82, 2.24) is 0 Å². The van der Waals surface area contributed by atoms with Crippen molar-refractivity contribution >= 4 is 0 Å². The van der Waals surface area contributed by atoms with Crippen molar-refractivity contribution in [2.24, 2.45) is 5.92 Å². The Kier molecular flexibility index (Phi) is 3.83. The Labute approximate surface area is 69.7 Å². The van der Waals surface area contributed by atoms with Gasteiger partial charge in [-0.3, -0.25) is 0 Å². The van der Waals surface area contributed by atoms with Gasteiger partial charge < -0.3 is 0 Å². The number of hydrogen-bond acceptors (Lipinski definition) is 0. The first-order valence-electron chi connectivity index (χ1n) is 4.57. The molecular formula is C11H16. The van der Waals surface area contributed by atoms with E-state index in [9.17, 15) is 0 Å². The number of unbranched alkanes of at least 4 members (excludes halogenated alkanes) is 1. The van der Waals surface area contributed by atoms with E-state index >= 15 is 0 Å². The monoisotopic (exact) mass is 148 g/mol. The molecule has 1 rings (SSSR count). The minimum atomic E-state index is 0.659.